The van der Waals surface area contributed by atoms with Crippen molar-refractivity contribution in [1.82, 2.24) is 0 Å². The van der Waals surface area contributed by atoms with Gasteiger partial charge < -0.3 is 28.4 Å². The van der Waals surface area contributed by atoms with Crippen LogP contribution in [0.15, 0.2) is 111 Å². The summed E-state index contributed by atoms with van der Waals surface area (Å²) in [6.45, 7) is 12.7. The van der Waals surface area contributed by atoms with Gasteiger partial charge in [0.15, 0.2) is 24.7 Å². The number of ether oxygens (including phenoxy) is 6. The molecule has 314 valence electrons. The molecule has 0 radical (unpaired) electrons. The molecule has 4 aromatic rings. The molecular formula is C42H48F2O12S2. The van der Waals surface area contributed by atoms with Gasteiger partial charge in [-0.05, 0) is 109 Å². The molecule has 0 saturated heterocycles. The maximum atomic E-state index is 15.4. The van der Waals surface area contributed by atoms with Crippen LogP contribution in [0.4, 0.5) is 8.78 Å². The number of hydrogen-bond acceptors (Lipinski definition) is 12. The Morgan fingerprint density at radius 2 is 0.879 bits per heavy atom. The van der Waals surface area contributed by atoms with Gasteiger partial charge in [-0.15, -0.1) is 0 Å². The molecule has 16 heteroatoms. The molecule has 0 aliphatic carbocycles. The minimum atomic E-state index is -5.42. The molecule has 0 amide bonds. The Labute approximate surface area is 339 Å². The molecule has 0 unspecified atom stereocenters. The molecule has 12 nitrogen and oxygen atoms in total. The summed E-state index contributed by atoms with van der Waals surface area (Å²) in [7, 11) is -9.31. The van der Waals surface area contributed by atoms with E-state index >= 15 is 8.78 Å². The van der Waals surface area contributed by atoms with Gasteiger partial charge in [0, 0.05) is 21.9 Å². The van der Waals surface area contributed by atoms with Crippen LogP contribution in [0.3, 0.4) is 0 Å². The van der Waals surface area contributed by atoms with Crippen LogP contribution in [0, 0.1) is 11.6 Å². The van der Waals surface area contributed by atoms with Crippen LogP contribution in [-0.4, -0.2) is 62.9 Å². The van der Waals surface area contributed by atoms with Crippen molar-refractivity contribution in [3.63, 3.8) is 0 Å². The van der Waals surface area contributed by atoms with Gasteiger partial charge in [0.25, 0.3) is 0 Å². The molecule has 0 heterocycles. The van der Waals surface area contributed by atoms with E-state index in [4.69, 9.17) is 32.1 Å². The normalized spacial score (nSPS) is 12.6. The first-order valence-electron chi connectivity index (χ1n) is 18.0. The van der Waals surface area contributed by atoms with Gasteiger partial charge in [-0.2, -0.15) is 8.42 Å². The summed E-state index contributed by atoms with van der Waals surface area (Å²) in [5.74, 6) is -6.01. The fourth-order valence-electron chi connectivity index (χ4n) is 5.26. The largest absolute Gasteiger partial charge is 0.482 e. The Bertz CT molecular complexity index is 2080. The van der Waals surface area contributed by atoms with Crippen molar-refractivity contribution in [2.24, 2.45) is 0 Å². The topological polar surface area (TPSA) is 150 Å². The predicted molar refractivity (Wildman–Crippen MR) is 210 cm³/mol. The Morgan fingerprint density at radius 3 is 1.24 bits per heavy atom. The molecule has 0 spiro atoms. The third-order valence-electron chi connectivity index (χ3n) is 7.10. The number of benzene rings is 4. The van der Waals surface area contributed by atoms with Gasteiger partial charge in [0.1, 0.15) is 50.6 Å². The summed E-state index contributed by atoms with van der Waals surface area (Å²) in [5, 5.41) is 0. The van der Waals surface area contributed by atoms with E-state index in [1.807, 2.05) is 0 Å². The van der Waals surface area contributed by atoms with E-state index in [9.17, 15) is 22.8 Å². The second-order valence-electron chi connectivity index (χ2n) is 15.6. The lowest BCUT2D eigenvalue weighted by Crippen LogP contribution is -2.28. The molecule has 0 aliphatic rings. The zero-order chi connectivity index (χ0) is 43.1. The smallest absolute Gasteiger partial charge is 0.344 e. The van der Waals surface area contributed by atoms with E-state index < -0.39 is 91.5 Å². The molecule has 0 N–H and O–H groups in total. The van der Waals surface area contributed by atoms with Gasteiger partial charge in [0.2, 0.25) is 0 Å². The van der Waals surface area contributed by atoms with Crippen molar-refractivity contribution < 1.29 is 63.6 Å². The van der Waals surface area contributed by atoms with E-state index in [2.05, 4.69) is 0 Å². The quantitative estimate of drug-likeness (QED) is 0.0832. The monoisotopic (exact) mass is 846 g/mol. The number of halogens is 2. The van der Waals surface area contributed by atoms with Crippen molar-refractivity contribution in [2.75, 3.05) is 19.8 Å². The van der Waals surface area contributed by atoms with Crippen LogP contribution in [0.2, 0.25) is 0 Å². The van der Waals surface area contributed by atoms with Gasteiger partial charge >= 0.3 is 28.0 Å². The number of hydrogen-bond donors (Lipinski definition) is 0. The van der Waals surface area contributed by atoms with Crippen LogP contribution < -0.4 is 14.2 Å². The lowest BCUT2D eigenvalue weighted by molar-refractivity contribution is -0.158. The SMILES string of the molecule is CC(C)(C)OC(=O)COc1cc(OCC(=O)OC(C)(C)C)c(S(OS(=O)(=O)c2c(F)cccc2F)(c2ccccc2)c2ccccc2)c(OCC(=O)OC(C)(C)C)c1. The lowest BCUT2D eigenvalue weighted by atomic mass is 10.2. The second kappa shape index (κ2) is 18.2. The maximum Gasteiger partial charge on any atom is 0.344 e. The van der Waals surface area contributed by atoms with E-state index in [1.165, 1.54) is 36.4 Å². The van der Waals surface area contributed by atoms with Crippen molar-refractivity contribution in [3.8, 4) is 17.2 Å². The van der Waals surface area contributed by atoms with E-state index in [-0.39, 0.29) is 31.9 Å². The van der Waals surface area contributed by atoms with Crippen LogP contribution in [-0.2, 0) is 42.3 Å². The molecular weight excluding hydrogens is 799 g/mol. The first-order chi connectivity index (χ1) is 26.9. The number of carbonyl (C=O) groups is 3. The highest BCUT2D eigenvalue weighted by Crippen LogP contribution is 2.74. The fourth-order valence-corrected chi connectivity index (χ4v) is 10.7. The molecule has 0 bridgehead atoms. The fraction of sp³-hybridized carbons (Fsp3) is 0.357. The van der Waals surface area contributed by atoms with Gasteiger partial charge in [-0.1, -0.05) is 42.5 Å². The average molecular weight is 847 g/mol. The van der Waals surface area contributed by atoms with E-state index in [0.29, 0.717) is 0 Å². The molecule has 0 fully saturated rings. The average Bonchev–Trinajstić information content (AvgIpc) is 3.09. The second-order valence-corrected chi connectivity index (χ2v) is 20.0. The molecule has 0 aliphatic heterocycles. The van der Waals surface area contributed by atoms with Crippen LogP contribution in [0.25, 0.3) is 0 Å². The first-order valence-corrected chi connectivity index (χ1v) is 20.9. The molecule has 4 aromatic carbocycles. The van der Waals surface area contributed by atoms with Gasteiger partial charge in [-0.3, -0.25) is 0 Å². The van der Waals surface area contributed by atoms with Crippen LogP contribution in [0.5, 0.6) is 17.2 Å². The van der Waals surface area contributed by atoms with Crippen LogP contribution in [0.1, 0.15) is 62.3 Å². The van der Waals surface area contributed by atoms with Crippen molar-refractivity contribution in [1.29, 1.82) is 0 Å². The molecule has 58 heavy (non-hydrogen) atoms. The Kier molecular flexibility index (Phi) is 14.3. The highest BCUT2D eigenvalue weighted by Gasteiger charge is 2.45. The van der Waals surface area contributed by atoms with Crippen molar-refractivity contribution >= 4 is 38.3 Å². The van der Waals surface area contributed by atoms with Gasteiger partial charge in [0.05, 0.1) is 0 Å². The third-order valence-corrected chi connectivity index (χ3v) is 12.4. The highest BCUT2D eigenvalue weighted by molar-refractivity contribution is 8.33. The number of carbonyl (C=O) groups excluding carboxylic acids is 3. The van der Waals surface area contributed by atoms with Crippen molar-refractivity contribution in [3.05, 3.63) is 103 Å². The van der Waals surface area contributed by atoms with Crippen LogP contribution >= 0.6 is 10.3 Å². The molecule has 4 rings (SSSR count). The lowest BCUT2D eigenvalue weighted by Gasteiger charge is -2.41. The first kappa shape index (κ1) is 45.5. The third kappa shape index (κ3) is 12.4. The molecule has 0 aromatic heterocycles. The minimum absolute atomic E-state index is 0.120. The van der Waals surface area contributed by atoms with E-state index in [1.54, 1.807) is 98.7 Å². The maximum absolute atomic E-state index is 15.4. The summed E-state index contributed by atoms with van der Waals surface area (Å²) in [6.07, 6.45) is 0. The highest BCUT2D eigenvalue weighted by atomic mass is 32.3. The minimum Gasteiger partial charge on any atom is -0.482 e. The number of rotatable bonds is 15. The summed E-state index contributed by atoms with van der Waals surface area (Å²) in [5.41, 5.74) is -2.73. The Balaban J connectivity index is 2.13. The number of esters is 3. The Hall–Kier alpha value is -5.19. The summed E-state index contributed by atoms with van der Waals surface area (Å²) < 4.78 is 100. The van der Waals surface area contributed by atoms with Gasteiger partial charge in [-0.25, -0.2) is 26.8 Å². The Morgan fingerprint density at radius 1 is 0.517 bits per heavy atom. The van der Waals surface area contributed by atoms with Crippen molar-refractivity contribution in [2.45, 2.75) is 98.7 Å². The molecule has 0 saturated carbocycles. The summed E-state index contributed by atoms with van der Waals surface area (Å²) in [6, 6.07) is 20.8. The zero-order valence-corrected chi connectivity index (χ0v) is 35.4. The predicted octanol–water partition coefficient (Wildman–Crippen LogP) is 8.73. The summed E-state index contributed by atoms with van der Waals surface area (Å²) in [4.78, 5) is 37.8. The zero-order valence-electron chi connectivity index (χ0n) is 33.8. The molecule has 0 atom stereocenters. The summed E-state index contributed by atoms with van der Waals surface area (Å²) >= 11 is 0. The van der Waals surface area contributed by atoms with E-state index in [0.717, 1.165) is 18.2 Å². The standard InChI is InChI=1S/C42H48F2O12S2/c1-40(2,3)53-35(45)25-50-28-23-33(51-26-36(46)54-41(4,5)6)39(34(24-28)52-27-37(47)55-42(7,8)9)57(29-17-12-10-13-18-29,30-19-14-11-15-20-30)56-58(48,49)38-31(43)21-16-22-32(38)44/h10-24H,25-27H2,1-9H3.